The second-order valence-electron chi connectivity index (χ2n) is 4.17. The molecule has 0 amide bonds. The Kier molecular flexibility index (Phi) is 11.4. The number of piperidine rings is 1. The van der Waals surface area contributed by atoms with E-state index >= 15 is 0 Å². The van der Waals surface area contributed by atoms with E-state index < -0.39 is 7.82 Å². The summed E-state index contributed by atoms with van der Waals surface area (Å²) in [5, 5.41) is 0. The van der Waals surface area contributed by atoms with Crippen molar-refractivity contribution in [1.29, 1.82) is 0 Å². The summed E-state index contributed by atoms with van der Waals surface area (Å²) in [6.45, 7) is 10.3. The quantitative estimate of drug-likeness (QED) is 0.423. The average Bonchev–Trinajstić information content (AvgIpc) is 2.35. The summed E-state index contributed by atoms with van der Waals surface area (Å²) in [5.41, 5.74) is 0. The van der Waals surface area contributed by atoms with Crippen LogP contribution in [0.5, 0.6) is 0 Å². The molecule has 7 heteroatoms. The van der Waals surface area contributed by atoms with Gasteiger partial charge in [-0.3, -0.25) is 4.52 Å². The van der Waals surface area contributed by atoms with Crippen LogP contribution in [0, 0.1) is 0 Å². The number of nitrogens with zero attached hydrogens (tertiary/aromatic N) is 1. The standard InChI is InChI=1S/C10H19NO.C2H7O4P/c1-2-9-12-10-8-11-6-4-3-5-7-11;1-2-6-7(3,4)5/h2H,1,3-10H2;2H2,1H3,(H2,3,4,5). The van der Waals surface area contributed by atoms with E-state index in [1.165, 1.54) is 39.3 Å². The summed E-state index contributed by atoms with van der Waals surface area (Å²) < 4.78 is 18.9. The van der Waals surface area contributed by atoms with Crippen LogP contribution in [0.1, 0.15) is 26.2 Å². The summed E-state index contributed by atoms with van der Waals surface area (Å²) in [7, 11) is -4.17. The average molecular weight is 295 g/mol. The number of likely N-dealkylation sites (tertiary alicyclic amines) is 1. The van der Waals surface area contributed by atoms with Gasteiger partial charge in [-0.05, 0) is 32.9 Å². The van der Waals surface area contributed by atoms with Crippen molar-refractivity contribution in [3.63, 3.8) is 0 Å². The van der Waals surface area contributed by atoms with E-state index in [2.05, 4.69) is 16.0 Å². The van der Waals surface area contributed by atoms with Gasteiger partial charge < -0.3 is 19.4 Å². The topological polar surface area (TPSA) is 79.2 Å². The molecule has 1 aliphatic heterocycles. The van der Waals surface area contributed by atoms with Crippen molar-refractivity contribution in [2.75, 3.05) is 39.5 Å². The Bertz CT molecular complexity index is 263. The molecule has 0 saturated carbocycles. The van der Waals surface area contributed by atoms with Crippen molar-refractivity contribution >= 4 is 7.82 Å². The second kappa shape index (κ2) is 11.6. The molecule has 0 atom stereocenters. The highest BCUT2D eigenvalue weighted by Crippen LogP contribution is 2.34. The monoisotopic (exact) mass is 295 g/mol. The molecule has 1 fully saturated rings. The van der Waals surface area contributed by atoms with Gasteiger partial charge in [-0.15, -0.1) is 6.58 Å². The lowest BCUT2D eigenvalue weighted by Crippen LogP contribution is -2.32. The molecule has 0 spiro atoms. The largest absolute Gasteiger partial charge is 0.469 e. The van der Waals surface area contributed by atoms with E-state index in [0.29, 0.717) is 6.61 Å². The summed E-state index contributed by atoms with van der Waals surface area (Å²) >= 11 is 0. The number of ether oxygens (including phenoxy) is 1. The molecule has 1 heterocycles. The summed E-state index contributed by atoms with van der Waals surface area (Å²) in [6, 6.07) is 0. The lowest BCUT2D eigenvalue weighted by atomic mass is 10.1. The van der Waals surface area contributed by atoms with Crippen LogP contribution in [-0.2, 0) is 13.8 Å². The van der Waals surface area contributed by atoms with Crippen LogP contribution < -0.4 is 0 Å². The summed E-state index contributed by atoms with van der Waals surface area (Å²) in [4.78, 5) is 18.3. The lowest BCUT2D eigenvalue weighted by molar-refractivity contribution is 0.114. The van der Waals surface area contributed by atoms with Crippen molar-refractivity contribution in [2.24, 2.45) is 0 Å². The Morgan fingerprint density at radius 1 is 1.32 bits per heavy atom. The SMILES string of the molecule is C=CCOCCN1CCCCC1.CCOP(=O)(O)O. The molecule has 6 nitrogen and oxygen atoms in total. The predicted octanol–water partition coefficient (Wildman–Crippen LogP) is 1.79. The molecule has 0 radical (unpaired) electrons. The van der Waals surface area contributed by atoms with Gasteiger partial charge in [-0.1, -0.05) is 12.5 Å². The molecule has 0 bridgehead atoms. The molecule has 0 aliphatic carbocycles. The molecule has 2 N–H and O–H groups in total. The highest BCUT2D eigenvalue weighted by molar-refractivity contribution is 7.46. The molecule has 1 saturated heterocycles. The normalized spacial score (nSPS) is 16.6. The lowest BCUT2D eigenvalue weighted by Gasteiger charge is -2.25. The minimum absolute atomic E-state index is 0.0459. The number of phosphoric ester groups is 1. The number of hydrogen-bond donors (Lipinski definition) is 2. The van der Waals surface area contributed by atoms with Gasteiger partial charge in [0.2, 0.25) is 0 Å². The van der Waals surface area contributed by atoms with Gasteiger partial charge in [0.1, 0.15) is 0 Å². The van der Waals surface area contributed by atoms with Gasteiger partial charge in [0.05, 0.1) is 19.8 Å². The Morgan fingerprint density at radius 2 is 1.95 bits per heavy atom. The maximum absolute atomic E-state index is 9.70. The molecular formula is C12H26NO5P. The first kappa shape index (κ1) is 18.8. The van der Waals surface area contributed by atoms with Crippen LogP contribution in [0.2, 0.25) is 0 Å². The zero-order valence-electron chi connectivity index (χ0n) is 11.7. The van der Waals surface area contributed by atoms with Crippen LogP contribution in [-0.4, -0.2) is 54.1 Å². The highest BCUT2D eigenvalue weighted by Gasteiger charge is 2.10. The smallest absolute Gasteiger partial charge is 0.376 e. The molecule has 1 aliphatic rings. The first-order valence-electron chi connectivity index (χ1n) is 6.60. The van der Waals surface area contributed by atoms with Crippen molar-refractivity contribution in [2.45, 2.75) is 26.2 Å². The van der Waals surface area contributed by atoms with E-state index in [1.807, 2.05) is 0 Å². The van der Waals surface area contributed by atoms with E-state index in [1.54, 1.807) is 6.08 Å². The second-order valence-corrected chi connectivity index (χ2v) is 5.41. The van der Waals surface area contributed by atoms with Crippen LogP contribution in [0.4, 0.5) is 0 Å². The van der Waals surface area contributed by atoms with Crippen molar-refractivity contribution in [1.82, 2.24) is 4.90 Å². The summed E-state index contributed by atoms with van der Waals surface area (Å²) in [5.74, 6) is 0. The molecule has 0 aromatic heterocycles. The fraction of sp³-hybridized carbons (Fsp3) is 0.833. The molecule has 114 valence electrons. The molecule has 0 aromatic carbocycles. The summed E-state index contributed by atoms with van der Waals surface area (Å²) in [6.07, 6.45) is 5.93. The van der Waals surface area contributed by atoms with Crippen molar-refractivity contribution < 1.29 is 23.6 Å². The van der Waals surface area contributed by atoms with E-state index in [0.717, 1.165) is 13.2 Å². The van der Waals surface area contributed by atoms with Crippen LogP contribution in [0.25, 0.3) is 0 Å². The third kappa shape index (κ3) is 14.0. The first-order valence-corrected chi connectivity index (χ1v) is 8.13. The van der Waals surface area contributed by atoms with Gasteiger partial charge in [0.25, 0.3) is 0 Å². The maximum atomic E-state index is 9.70. The van der Waals surface area contributed by atoms with E-state index in [9.17, 15) is 4.57 Å². The van der Waals surface area contributed by atoms with Gasteiger partial charge in [-0.2, -0.15) is 0 Å². The third-order valence-electron chi connectivity index (χ3n) is 2.53. The molecular weight excluding hydrogens is 269 g/mol. The zero-order chi connectivity index (χ0) is 14.6. The van der Waals surface area contributed by atoms with Gasteiger partial charge in [-0.25, -0.2) is 4.57 Å². The Labute approximate surface area is 115 Å². The molecule has 19 heavy (non-hydrogen) atoms. The van der Waals surface area contributed by atoms with Crippen molar-refractivity contribution in [3.8, 4) is 0 Å². The van der Waals surface area contributed by atoms with E-state index in [4.69, 9.17) is 14.5 Å². The number of rotatable bonds is 7. The van der Waals surface area contributed by atoms with Gasteiger partial charge in [0.15, 0.2) is 0 Å². The van der Waals surface area contributed by atoms with Crippen molar-refractivity contribution in [3.05, 3.63) is 12.7 Å². The Morgan fingerprint density at radius 3 is 2.37 bits per heavy atom. The molecule has 1 rings (SSSR count). The van der Waals surface area contributed by atoms with Crippen LogP contribution >= 0.6 is 7.82 Å². The van der Waals surface area contributed by atoms with Crippen LogP contribution in [0.3, 0.4) is 0 Å². The van der Waals surface area contributed by atoms with Gasteiger partial charge >= 0.3 is 7.82 Å². The Balaban J connectivity index is 0.000000399. The molecule has 0 aromatic rings. The number of hydrogen-bond acceptors (Lipinski definition) is 4. The fourth-order valence-electron chi connectivity index (χ4n) is 1.71. The predicted molar refractivity (Wildman–Crippen MR) is 75.0 cm³/mol. The van der Waals surface area contributed by atoms with Gasteiger partial charge in [0, 0.05) is 6.54 Å². The maximum Gasteiger partial charge on any atom is 0.469 e. The van der Waals surface area contributed by atoms with E-state index in [-0.39, 0.29) is 6.61 Å². The first-order chi connectivity index (χ1) is 8.99. The molecule has 0 unspecified atom stereocenters. The minimum Gasteiger partial charge on any atom is -0.376 e. The fourth-order valence-corrected chi connectivity index (χ4v) is 2.05. The number of phosphoric acid groups is 1. The highest BCUT2D eigenvalue weighted by atomic mass is 31.2. The third-order valence-corrected chi connectivity index (χ3v) is 3.13. The zero-order valence-corrected chi connectivity index (χ0v) is 12.6. The van der Waals surface area contributed by atoms with Crippen LogP contribution in [0.15, 0.2) is 12.7 Å². The minimum atomic E-state index is -4.17. The Hall–Kier alpha value is -0.230.